The third-order valence-corrected chi connectivity index (χ3v) is 4.74. The van der Waals surface area contributed by atoms with Gasteiger partial charge in [0.25, 0.3) is 0 Å². The minimum Gasteiger partial charge on any atom is -0.351 e. The van der Waals surface area contributed by atoms with Crippen molar-refractivity contribution in [2.45, 2.75) is 32.0 Å². The number of hydrogen-bond donors (Lipinski definition) is 1. The lowest BCUT2D eigenvalue weighted by Crippen LogP contribution is -2.45. The lowest BCUT2D eigenvalue weighted by atomic mass is 9.98. The number of likely N-dealkylation sites (N-methyl/N-ethyl adjacent to an activating group) is 1. The lowest BCUT2D eigenvalue weighted by molar-refractivity contribution is 0.146. The highest BCUT2D eigenvalue weighted by molar-refractivity contribution is 5.74. The summed E-state index contributed by atoms with van der Waals surface area (Å²) in [6.07, 6.45) is 1.87. The average Bonchev–Trinajstić information content (AvgIpc) is 3.05. The van der Waals surface area contributed by atoms with Gasteiger partial charge in [0.15, 0.2) is 0 Å². The second-order valence-corrected chi connectivity index (χ2v) is 7.14. The van der Waals surface area contributed by atoms with E-state index in [0.717, 1.165) is 17.8 Å². The molecule has 0 spiro atoms. The summed E-state index contributed by atoms with van der Waals surface area (Å²) in [4.78, 5) is 15.7. The number of amides is 2. The molecule has 2 aromatic rings. The first-order chi connectivity index (χ1) is 11.3. The molecule has 2 heterocycles. The fraction of sp³-hybridized carbons (Fsp3) is 0.444. The number of fused-ring (bicyclic) bond motifs is 1. The van der Waals surface area contributed by atoms with Crippen LogP contribution in [0, 0.1) is 0 Å². The number of urea groups is 1. The molecule has 128 valence electrons. The topological polar surface area (TPSA) is 67.4 Å². The van der Waals surface area contributed by atoms with Crippen LogP contribution < -0.4 is 5.73 Å². The van der Waals surface area contributed by atoms with Crippen molar-refractivity contribution in [1.82, 2.24) is 19.6 Å². The Balaban J connectivity index is 2.08. The van der Waals surface area contributed by atoms with Gasteiger partial charge in [-0.15, -0.1) is 0 Å². The number of benzene rings is 1. The maximum absolute atomic E-state index is 11.8. The van der Waals surface area contributed by atoms with Crippen LogP contribution in [0.4, 0.5) is 4.79 Å². The number of primary amides is 1. The molecule has 1 unspecified atom stereocenters. The van der Waals surface area contributed by atoms with Gasteiger partial charge in [0, 0.05) is 12.1 Å². The molecule has 0 saturated heterocycles. The second-order valence-electron chi connectivity index (χ2n) is 7.14. The summed E-state index contributed by atoms with van der Waals surface area (Å²) in [7, 11) is 4.11. The number of nitrogens with zero attached hydrogens (tertiary/aromatic N) is 4. The zero-order chi connectivity index (χ0) is 17.5. The first-order valence-electron chi connectivity index (χ1n) is 8.16. The molecule has 1 aromatic carbocycles. The van der Waals surface area contributed by atoms with Crippen molar-refractivity contribution in [2.75, 3.05) is 20.6 Å². The fourth-order valence-corrected chi connectivity index (χ4v) is 3.62. The third kappa shape index (κ3) is 2.67. The van der Waals surface area contributed by atoms with Crippen LogP contribution in [0.5, 0.6) is 0 Å². The molecule has 0 fully saturated rings. The largest absolute Gasteiger partial charge is 0.351 e. The summed E-state index contributed by atoms with van der Waals surface area (Å²) < 4.78 is 2.06. The molecular weight excluding hydrogens is 302 g/mol. The molecular formula is C18H25N5O. The van der Waals surface area contributed by atoms with Crippen LogP contribution >= 0.6 is 0 Å². The van der Waals surface area contributed by atoms with Crippen LogP contribution in [0.15, 0.2) is 36.5 Å². The smallest absolute Gasteiger partial charge is 0.315 e. The van der Waals surface area contributed by atoms with E-state index in [1.807, 2.05) is 38.2 Å². The maximum atomic E-state index is 11.8. The van der Waals surface area contributed by atoms with Crippen molar-refractivity contribution in [3.05, 3.63) is 53.3 Å². The van der Waals surface area contributed by atoms with E-state index in [-0.39, 0.29) is 6.04 Å². The maximum Gasteiger partial charge on any atom is 0.315 e. The highest BCUT2D eigenvalue weighted by Gasteiger charge is 2.44. The number of aromatic nitrogens is 2. The second kappa shape index (κ2) is 5.94. The first kappa shape index (κ1) is 16.5. The lowest BCUT2D eigenvalue weighted by Gasteiger charge is -2.33. The molecule has 6 nitrogen and oxygen atoms in total. The van der Waals surface area contributed by atoms with E-state index in [1.165, 1.54) is 5.56 Å². The highest BCUT2D eigenvalue weighted by Crippen LogP contribution is 2.40. The molecule has 6 heteroatoms. The van der Waals surface area contributed by atoms with Gasteiger partial charge in [-0.2, -0.15) is 5.10 Å². The van der Waals surface area contributed by atoms with E-state index in [2.05, 4.69) is 40.9 Å². The predicted molar refractivity (Wildman–Crippen MR) is 93.5 cm³/mol. The van der Waals surface area contributed by atoms with Gasteiger partial charge in [0.1, 0.15) is 0 Å². The minimum atomic E-state index is -0.475. The van der Waals surface area contributed by atoms with E-state index >= 15 is 0 Å². The Hall–Kier alpha value is -2.34. The number of rotatable bonds is 4. The molecule has 0 saturated carbocycles. The molecule has 1 atom stereocenters. The summed E-state index contributed by atoms with van der Waals surface area (Å²) in [6.45, 7) is 5.39. The molecule has 1 aliphatic rings. The Morgan fingerprint density at radius 3 is 2.58 bits per heavy atom. The van der Waals surface area contributed by atoms with Gasteiger partial charge >= 0.3 is 6.03 Å². The van der Waals surface area contributed by atoms with Crippen LogP contribution in [-0.2, 0) is 12.1 Å². The van der Waals surface area contributed by atoms with E-state index in [0.29, 0.717) is 6.54 Å². The van der Waals surface area contributed by atoms with Crippen LogP contribution in [-0.4, -0.2) is 46.3 Å². The van der Waals surface area contributed by atoms with Gasteiger partial charge in [0.05, 0.1) is 30.0 Å². The van der Waals surface area contributed by atoms with Crippen molar-refractivity contribution in [2.24, 2.45) is 5.73 Å². The van der Waals surface area contributed by atoms with Crippen LogP contribution in [0.1, 0.15) is 36.7 Å². The summed E-state index contributed by atoms with van der Waals surface area (Å²) in [5.74, 6) is 0. The normalized spacial score (nSPS) is 17.1. The van der Waals surface area contributed by atoms with Crippen molar-refractivity contribution in [3.8, 4) is 0 Å². The van der Waals surface area contributed by atoms with E-state index in [1.54, 1.807) is 4.90 Å². The van der Waals surface area contributed by atoms with Gasteiger partial charge in [0.2, 0.25) is 0 Å². The molecule has 0 radical (unpaired) electrons. The van der Waals surface area contributed by atoms with Crippen molar-refractivity contribution < 1.29 is 4.79 Å². The summed E-state index contributed by atoms with van der Waals surface area (Å²) in [5, 5.41) is 4.67. The third-order valence-electron chi connectivity index (χ3n) is 4.74. The Bertz CT molecular complexity index is 735. The number of carbonyl (C=O) groups excluding carboxylic acids is 1. The first-order valence-corrected chi connectivity index (χ1v) is 8.16. The van der Waals surface area contributed by atoms with Crippen molar-refractivity contribution >= 4 is 6.03 Å². The Morgan fingerprint density at radius 1 is 1.33 bits per heavy atom. The standard InChI is InChI=1S/C18H25N5O/c1-18(2)16-14(11-22(18)17(19)24)10-20-23(16)15(12-21(3)4)13-8-6-5-7-9-13/h5-10,15H,11-12H2,1-4H3,(H2,19,24). The average molecular weight is 327 g/mol. The summed E-state index contributed by atoms with van der Waals surface area (Å²) >= 11 is 0. The zero-order valence-corrected chi connectivity index (χ0v) is 14.7. The monoisotopic (exact) mass is 327 g/mol. The van der Waals surface area contributed by atoms with Gasteiger partial charge in [-0.25, -0.2) is 4.79 Å². The Morgan fingerprint density at radius 2 is 2.00 bits per heavy atom. The number of hydrogen-bond acceptors (Lipinski definition) is 3. The molecule has 0 aliphatic carbocycles. The van der Waals surface area contributed by atoms with Gasteiger partial charge in [-0.05, 0) is 33.5 Å². The number of nitrogens with two attached hydrogens (primary N) is 1. The molecule has 2 N–H and O–H groups in total. The molecule has 24 heavy (non-hydrogen) atoms. The molecule has 3 rings (SSSR count). The predicted octanol–water partition coefficient (Wildman–Crippen LogP) is 2.16. The molecule has 1 aromatic heterocycles. The molecule has 0 bridgehead atoms. The molecule has 1 aliphatic heterocycles. The van der Waals surface area contributed by atoms with Crippen molar-refractivity contribution in [1.29, 1.82) is 0 Å². The molecule has 2 amide bonds. The summed E-state index contributed by atoms with van der Waals surface area (Å²) in [5.41, 5.74) is 8.44. The highest BCUT2D eigenvalue weighted by atomic mass is 16.2. The van der Waals surface area contributed by atoms with E-state index < -0.39 is 11.6 Å². The summed E-state index contributed by atoms with van der Waals surface area (Å²) in [6, 6.07) is 10.0. The van der Waals surface area contributed by atoms with Crippen LogP contribution in [0.3, 0.4) is 0 Å². The van der Waals surface area contributed by atoms with Gasteiger partial charge < -0.3 is 15.5 Å². The van der Waals surface area contributed by atoms with Gasteiger partial charge in [-0.3, -0.25) is 4.68 Å². The minimum absolute atomic E-state index is 0.0806. The zero-order valence-electron chi connectivity index (χ0n) is 14.7. The Kier molecular flexibility index (Phi) is 4.09. The quantitative estimate of drug-likeness (QED) is 0.936. The van der Waals surface area contributed by atoms with Crippen molar-refractivity contribution in [3.63, 3.8) is 0 Å². The SMILES string of the molecule is CN(C)CC(c1ccccc1)n1ncc2c1C(C)(C)N(C(N)=O)C2. The number of carbonyl (C=O) groups is 1. The Labute approximate surface area is 142 Å². The van der Waals surface area contributed by atoms with Crippen LogP contribution in [0.2, 0.25) is 0 Å². The van der Waals surface area contributed by atoms with Crippen LogP contribution in [0.25, 0.3) is 0 Å². The fourth-order valence-electron chi connectivity index (χ4n) is 3.62. The van der Waals surface area contributed by atoms with Gasteiger partial charge in [-0.1, -0.05) is 30.3 Å². The van der Waals surface area contributed by atoms with E-state index in [4.69, 9.17) is 5.73 Å². The van der Waals surface area contributed by atoms with E-state index in [9.17, 15) is 4.79 Å².